The molecule has 2 N–H and O–H groups in total. The van der Waals surface area contributed by atoms with Crippen LogP contribution in [-0.4, -0.2) is 30.0 Å². The molecular formula is C16H15ClF3NO2. The standard InChI is InChI=1S/C16H15ClF3NO2/c17-9-11(22)10-21-14-7-3-1-5-12(14)13-6-2-4-8-15(13)23-16(18,19)20/h1-8,11,21-22H,9-10H2. The molecule has 3 nitrogen and oxygen atoms in total. The van der Waals surface area contributed by atoms with Crippen LogP contribution in [-0.2, 0) is 0 Å². The third-order valence-electron chi connectivity index (χ3n) is 3.04. The van der Waals surface area contributed by atoms with Crippen molar-refractivity contribution < 1.29 is 23.0 Å². The molecule has 0 saturated heterocycles. The van der Waals surface area contributed by atoms with Gasteiger partial charge in [0.25, 0.3) is 0 Å². The Balaban J connectivity index is 2.35. The Morgan fingerprint density at radius 1 is 1.04 bits per heavy atom. The van der Waals surface area contributed by atoms with Gasteiger partial charge in [0, 0.05) is 23.4 Å². The largest absolute Gasteiger partial charge is 0.573 e. The van der Waals surface area contributed by atoms with E-state index in [0.29, 0.717) is 16.8 Å². The molecule has 0 saturated carbocycles. The zero-order chi connectivity index (χ0) is 16.9. The van der Waals surface area contributed by atoms with Crippen molar-refractivity contribution in [1.82, 2.24) is 0 Å². The summed E-state index contributed by atoms with van der Waals surface area (Å²) in [4.78, 5) is 0. The number of halogens is 4. The number of aliphatic hydroxyl groups is 1. The first-order valence-corrected chi connectivity index (χ1v) is 7.36. The maximum absolute atomic E-state index is 12.6. The van der Waals surface area contributed by atoms with Crippen LogP contribution < -0.4 is 10.1 Å². The van der Waals surface area contributed by atoms with Crippen molar-refractivity contribution in [3.05, 3.63) is 48.5 Å². The lowest BCUT2D eigenvalue weighted by molar-refractivity contribution is -0.274. The average Bonchev–Trinajstić information content (AvgIpc) is 2.52. The fraction of sp³-hybridized carbons (Fsp3) is 0.250. The van der Waals surface area contributed by atoms with E-state index >= 15 is 0 Å². The van der Waals surface area contributed by atoms with Crippen LogP contribution >= 0.6 is 11.6 Å². The number of benzene rings is 2. The normalized spacial score (nSPS) is 12.7. The van der Waals surface area contributed by atoms with Crippen molar-refractivity contribution in [3.63, 3.8) is 0 Å². The number of anilines is 1. The molecule has 2 aromatic carbocycles. The SMILES string of the molecule is OC(CCl)CNc1ccccc1-c1ccccc1OC(F)(F)F. The van der Waals surface area contributed by atoms with Gasteiger partial charge in [-0.1, -0.05) is 36.4 Å². The maximum atomic E-state index is 12.6. The van der Waals surface area contributed by atoms with Gasteiger partial charge in [-0.15, -0.1) is 24.8 Å². The van der Waals surface area contributed by atoms with E-state index in [1.165, 1.54) is 12.1 Å². The molecule has 1 atom stereocenters. The summed E-state index contributed by atoms with van der Waals surface area (Å²) in [5.41, 5.74) is 1.41. The predicted molar refractivity (Wildman–Crippen MR) is 83.8 cm³/mol. The molecule has 0 aliphatic carbocycles. The lowest BCUT2D eigenvalue weighted by Gasteiger charge is -2.17. The number of ether oxygens (including phenoxy) is 1. The Bertz CT molecular complexity index is 649. The van der Waals surface area contributed by atoms with Crippen molar-refractivity contribution in [2.24, 2.45) is 0 Å². The smallest absolute Gasteiger partial charge is 0.405 e. The Kier molecular flexibility index (Phi) is 5.74. The van der Waals surface area contributed by atoms with E-state index in [1.54, 1.807) is 36.4 Å². The summed E-state index contributed by atoms with van der Waals surface area (Å²) in [5.74, 6) is -0.227. The fourth-order valence-corrected chi connectivity index (χ4v) is 2.17. The average molecular weight is 346 g/mol. The van der Waals surface area contributed by atoms with E-state index < -0.39 is 12.5 Å². The molecule has 0 spiro atoms. The second-order valence-electron chi connectivity index (χ2n) is 4.78. The number of para-hydroxylation sites is 2. The summed E-state index contributed by atoms with van der Waals surface area (Å²) in [7, 11) is 0. The van der Waals surface area contributed by atoms with E-state index in [1.807, 2.05) is 0 Å². The number of rotatable bonds is 6. The number of alkyl halides is 4. The van der Waals surface area contributed by atoms with E-state index in [4.69, 9.17) is 11.6 Å². The van der Waals surface area contributed by atoms with Gasteiger partial charge in [-0.25, -0.2) is 0 Å². The lowest BCUT2D eigenvalue weighted by atomic mass is 10.0. The summed E-state index contributed by atoms with van der Waals surface area (Å²) >= 11 is 5.54. The molecule has 0 heterocycles. The third-order valence-corrected chi connectivity index (χ3v) is 3.39. The number of hydrogen-bond acceptors (Lipinski definition) is 3. The van der Waals surface area contributed by atoms with Gasteiger partial charge >= 0.3 is 6.36 Å². The molecule has 7 heteroatoms. The Labute approximate surface area is 136 Å². The molecule has 0 aliphatic rings. The van der Waals surface area contributed by atoms with Gasteiger partial charge in [0.15, 0.2) is 0 Å². The number of aliphatic hydroxyl groups excluding tert-OH is 1. The zero-order valence-electron chi connectivity index (χ0n) is 12.0. The summed E-state index contributed by atoms with van der Waals surface area (Å²) in [5, 5.41) is 12.5. The topological polar surface area (TPSA) is 41.5 Å². The minimum atomic E-state index is -4.77. The predicted octanol–water partition coefficient (Wildman–Crippen LogP) is 4.26. The van der Waals surface area contributed by atoms with Crippen LogP contribution in [0.15, 0.2) is 48.5 Å². The van der Waals surface area contributed by atoms with Gasteiger partial charge in [-0.3, -0.25) is 0 Å². The van der Waals surface area contributed by atoms with Crippen molar-refractivity contribution in [2.75, 3.05) is 17.7 Å². The number of nitrogens with one attached hydrogen (secondary N) is 1. The molecule has 0 fully saturated rings. The summed E-state index contributed by atoms with van der Waals surface area (Å²) in [6.07, 6.45) is -5.53. The van der Waals surface area contributed by atoms with Crippen molar-refractivity contribution in [1.29, 1.82) is 0 Å². The second kappa shape index (κ2) is 7.57. The minimum absolute atomic E-state index is 0.0585. The van der Waals surface area contributed by atoms with Gasteiger partial charge in [-0.05, 0) is 12.1 Å². The van der Waals surface area contributed by atoms with Crippen molar-refractivity contribution in [3.8, 4) is 16.9 Å². The molecule has 0 aliphatic heterocycles. The third kappa shape index (κ3) is 5.04. The Hall–Kier alpha value is -1.92. The summed E-state index contributed by atoms with van der Waals surface area (Å²) in [6.45, 7) is 0.183. The molecular weight excluding hydrogens is 331 g/mol. The Morgan fingerprint density at radius 2 is 1.65 bits per heavy atom. The first kappa shape index (κ1) is 17.4. The summed E-state index contributed by atoms with van der Waals surface area (Å²) in [6, 6.07) is 12.7. The Morgan fingerprint density at radius 3 is 2.30 bits per heavy atom. The van der Waals surface area contributed by atoms with Gasteiger partial charge < -0.3 is 15.2 Å². The molecule has 2 rings (SSSR count). The number of hydrogen-bond donors (Lipinski definition) is 2. The zero-order valence-corrected chi connectivity index (χ0v) is 12.7. The van der Waals surface area contributed by atoms with Crippen LogP contribution in [0.4, 0.5) is 18.9 Å². The fourth-order valence-electron chi connectivity index (χ4n) is 2.06. The van der Waals surface area contributed by atoms with Crippen LogP contribution in [0.2, 0.25) is 0 Å². The molecule has 0 bridgehead atoms. The van der Waals surface area contributed by atoms with Crippen LogP contribution in [0, 0.1) is 0 Å². The van der Waals surface area contributed by atoms with Gasteiger partial charge in [0.1, 0.15) is 5.75 Å². The highest BCUT2D eigenvalue weighted by atomic mass is 35.5. The second-order valence-corrected chi connectivity index (χ2v) is 5.09. The molecule has 1 unspecified atom stereocenters. The monoisotopic (exact) mass is 345 g/mol. The van der Waals surface area contributed by atoms with E-state index in [-0.39, 0.29) is 18.2 Å². The quantitative estimate of drug-likeness (QED) is 0.768. The first-order valence-electron chi connectivity index (χ1n) is 6.83. The van der Waals surface area contributed by atoms with E-state index in [2.05, 4.69) is 10.1 Å². The minimum Gasteiger partial charge on any atom is -0.405 e. The highest BCUT2D eigenvalue weighted by Crippen LogP contribution is 2.37. The molecule has 2 aromatic rings. The maximum Gasteiger partial charge on any atom is 0.573 e. The molecule has 0 aromatic heterocycles. The van der Waals surface area contributed by atoms with Gasteiger partial charge in [-0.2, -0.15) is 0 Å². The highest BCUT2D eigenvalue weighted by molar-refractivity contribution is 6.18. The van der Waals surface area contributed by atoms with Gasteiger partial charge in [0.2, 0.25) is 0 Å². The highest BCUT2D eigenvalue weighted by Gasteiger charge is 2.32. The van der Waals surface area contributed by atoms with Crippen LogP contribution in [0.5, 0.6) is 5.75 Å². The molecule has 0 amide bonds. The van der Waals surface area contributed by atoms with E-state index in [9.17, 15) is 18.3 Å². The summed E-state index contributed by atoms with van der Waals surface area (Å²) < 4.78 is 41.7. The van der Waals surface area contributed by atoms with Crippen LogP contribution in [0.1, 0.15) is 0 Å². The molecule has 0 radical (unpaired) electrons. The van der Waals surface area contributed by atoms with Crippen LogP contribution in [0.25, 0.3) is 11.1 Å². The van der Waals surface area contributed by atoms with Crippen LogP contribution in [0.3, 0.4) is 0 Å². The first-order chi connectivity index (χ1) is 10.9. The van der Waals surface area contributed by atoms with Crippen molar-refractivity contribution >= 4 is 17.3 Å². The van der Waals surface area contributed by atoms with Crippen molar-refractivity contribution in [2.45, 2.75) is 12.5 Å². The molecule has 23 heavy (non-hydrogen) atoms. The van der Waals surface area contributed by atoms with Gasteiger partial charge in [0.05, 0.1) is 12.0 Å². The molecule has 124 valence electrons. The van der Waals surface area contributed by atoms with E-state index in [0.717, 1.165) is 0 Å². The lowest BCUT2D eigenvalue weighted by Crippen LogP contribution is -2.21.